The van der Waals surface area contributed by atoms with Crippen LogP contribution in [0.25, 0.3) is 0 Å². The zero-order valence-corrected chi connectivity index (χ0v) is 11.3. The molecule has 1 heterocycles. The Hall–Kier alpha value is -0.970. The number of benzene rings is 1. The van der Waals surface area contributed by atoms with Gasteiger partial charge in [0.05, 0.1) is 0 Å². The third kappa shape index (κ3) is 3.14. The van der Waals surface area contributed by atoms with E-state index in [1.165, 1.54) is 37.6 Å². The summed E-state index contributed by atoms with van der Waals surface area (Å²) in [6.07, 6.45) is 2.77. The summed E-state index contributed by atoms with van der Waals surface area (Å²) < 4.78 is 13.4. The fourth-order valence-corrected chi connectivity index (χ4v) is 2.87. The van der Waals surface area contributed by atoms with Gasteiger partial charge in [-0.1, -0.05) is 12.1 Å². The molecule has 0 spiro atoms. The lowest BCUT2D eigenvalue weighted by atomic mass is 10.1. The van der Waals surface area contributed by atoms with Crippen molar-refractivity contribution in [3.63, 3.8) is 0 Å². The van der Waals surface area contributed by atoms with Gasteiger partial charge in [-0.15, -0.1) is 0 Å². The van der Waals surface area contributed by atoms with E-state index in [4.69, 9.17) is 5.73 Å². The summed E-state index contributed by atoms with van der Waals surface area (Å²) in [5, 5.41) is 0. The Morgan fingerprint density at radius 3 is 2.53 bits per heavy atom. The van der Waals surface area contributed by atoms with Crippen LogP contribution in [0.15, 0.2) is 18.2 Å². The molecule has 2 N–H and O–H groups in total. The van der Waals surface area contributed by atoms with Gasteiger partial charge in [0.1, 0.15) is 5.82 Å². The van der Waals surface area contributed by atoms with Crippen LogP contribution in [0, 0.1) is 5.82 Å². The van der Waals surface area contributed by atoms with Crippen molar-refractivity contribution in [1.29, 1.82) is 0 Å². The second-order valence-corrected chi connectivity index (χ2v) is 5.67. The van der Waals surface area contributed by atoms with Crippen molar-refractivity contribution >= 4 is 0 Å². The van der Waals surface area contributed by atoms with Gasteiger partial charge in [-0.3, -0.25) is 9.80 Å². The molecule has 104 valence electrons. The highest BCUT2D eigenvalue weighted by Gasteiger charge is 2.31. The molecule has 0 bridgehead atoms. The van der Waals surface area contributed by atoms with Gasteiger partial charge in [-0.05, 0) is 24.5 Å². The smallest absolute Gasteiger partial charge is 0.127 e. The predicted octanol–water partition coefficient (Wildman–Crippen LogP) is 1.56. The molecule has 1 aliphatic heterocycles. The lowest BCUT2D eigenvalue weighted by molar-refractivity contribution is 0.121. The van der Waals surface area contributed by atoms with Crippen molar-refractivity contribution in [2.45, 2.75) is 32.0 Å². The van der Waals surface area contributed by atoms with Crippen LogP contribution in [-0.2, 0) is 13.1 Å². The molecule has 0 radical (unpaired) electrons. The minimum atomic E-state index is -0.190. The highest BCUT2D eigenvalue weighted by Crippen LogP contribution is 2.27. The zero-order chi connectivity index (χ0) is 13.2. The van der Waals surface area contributed by atoms with E-state index >= 15 is 0 Å². The molecule has 0 atom stereocenters. The molecule has 4 heteroatoms. The third-order valence-electron chi connectivity index (χ3n) is 4.21. The number of nitrogens with zero attached hydrogens (tertiary/aromatic N) is 2. The molecule has 2 aliphatic rings. The maximum Gasteiger partial charge on any atom is 0.127 e. The normalized spacial score (nSPS) is 21.8. The molecule has 2 fully saturated rings. The third-order valence-corrected chi connectivity index (χ3v) is 4.21. The maximum atomic E-state index is 13.4. The molecule has 1 saturated heterocycles. The van der Waals surface area contributed by atoms with Crippen LogP contribution in [0.3, 0.4) is 0 Å². The van der Waals surface area contributed by atoms with Gasteiger partial charge in [0, 0.05) is 50.9 Å². The standard InChI is InChI=1S/C15H22FN3/c16-15-4-1-12(9-13(15)10-17)11-18-5-7-19(8-6-18)14-2-3-14/h1,4,9,14H,2-3,5-8,10-11,17H2. The van der Waals surface area contributed by atoms with Gasteiger partial charge in [0.25, 0.3) is 0 Å². The molecule has 1 aromatic rings. The number of hydrogen-bond acceptors (Lipinski definition) is 3. The second kappa shape index (κ2) is 5.57. The van der Waals surface area contributed by atoms with Crippen LogP contribution < -0.4 is 5.73 Å². The molecule has 0 amide bonds. The van der Waals surface area contributed by atoms with E-state index in [1.807, 2.05) is 12.1 Å². The van der Waals surface area contributed by atoms with Gasteiger partial charge in [-0.2, -0.15) is 0 Å². The van der Waals surface area contributed by atoms with E-state index in [0.29, 0.717) is 5.56 Å². The van der Waals surface area contributed by atoms with Gasteiger partial charge >= 0.3 is 0 Å². The fraction of sp³-hybridized carbons (Fsp3) is 0.600. The number of halogens is 1. The van der Waals surface area contributed by atoms with Crippen LogP contribution in [0.5, 0.6) is 0 Å². The minimum Gasteiger partial charge on any atom is -0.326 e. The van der Waals surface area contributed by atoms with E-state index in [0.717, 1.165) is 25.7 Å². The molecule has 1 saturated carbocycles. The second-order valence-electron chi connectivity index (χ2n) is 5.67. The first kappa shape index (κ1) is 13.0. The Kier molecular flexibility index (Phi) is 3.82. The largest absolute Gasteiger partial charge is 0.326 e. The van der Waals surface area contributed by atoms with Crippen molar-refractivity contribution < 1.29 is 4.39 Å². The SMILES string of the molecule is NCc1cc(CN2CCN(C3CC3)CC2)ccc1F. The van der Waals surface area contributed by atoms with Gasteiger partial charge in [0.2, 0.25) is 0 Å². The molecular weight excluding hydrogens is 241 g/mol. The summed E-state index contributed by atoms with van der Waals surface area (Å²) in [6, 6.07) is 6.19. The van der Waals surface area contributed by atoms with Crippen LogP contribution in [0.2, 0.25) is 0 Å². The molecule has 1 aromatic carbocycles. The Balaban J connectivity index is 1.56. The van der Waals surface area contributed by atoms with E-state index in [9.17, 15) is 4.39 Å². The van der Waals surface area contributed by atoms with Gasteiger partial charge < -0.3 is 5.73 Å². The Bertz CT molecular complexity index is 437. The summed E-state index contributed by atoms with van der Waals surface area (Å²) in [5.74, 6) is -0.190. The molecule has 19 heavy (non-hydrogen) atoms. The zero-order valence-electron chi connectivity index (χ0n) is 11.3. The highest BCUT2D eigenvalue weighted by atomic mass is 19.1. The summed E-state index contributed by atoms with van der Waals surface area (Å²) in [6.45, 7) is 5.77. The number of nitrogens with two attached hydrogens (primary N) is 1. The molecular formula is C15H22FN3. The van der Waals surface area contributed by atoms with Gasteiger partial charge in [0.15, 0.2) is 0 Å². The fourth-order valence-electron chi connectivity index (χ4n) is 2.87. The first-order valence-electron chi connectivity index (χ1n) is 7.20. The minimum absolute atomic E-state index is 0.190. The molecule has 0 unspecified atom stereocenters. The molecule has 1 aliphatic carbocycles. The van der Waals surface area contributed by atoms with Crippen molar-refractivity contribution in [3.8, 4) is 0 Å². The summed E-state index contributed by atoms with van der Waals surface area (Å²) >= 11 is 0. The molecule has 3 rings (SSSR count). The molecule has 0 aromatic heterocycles. The average Bonchev–Trinajstić information content (AvgIpc) is 3.26. The highest BCUT2D eigenvalue weighted by molar-refractivity contribution is 5.25. The van der Waals surface area contributed by atoms with Crippen LogP contribution in [-0.4, -0.2) is 42.0 Å². The number of piperazine rings is 1. The van der Waals surface area contributed by atoms with Crippen LogP contribution >= 0.6 is 0 Å². The molecule has 3 nitrogen and oxygen atoms in total. The van der Waals surface area contributed by atoms with E-state index in [-0.39, 0.29) is 12.4 Å². The van der Waals surface area contributed by atoms with Crippen LogP contribution in [0.4, 0.5) is 4.39 Å². The Labute approximate surface area is 114 Å². The Morgan fingerprint density at radius 2 is 1.89 bits per heavy atom. The van der Waals surface area contributed by atoms with Gasteiger partial charge in [-0.25, -0.2) is 4.39 Å². The van der Waals surface area contributed by atoms with E-state index in [1.54, 1.807) is 0 Å². The first-order chi connectivity index (χ1) is 9.26. The maximum absolute atomic E-state index is 13.4. The van der Waals surface area contributed by atoms with E-state index < -0.39 is 0 Å². The van der Waals surface area contributed by atoms with Crippen molar-refractivity contribution in [2.24, 2.45) is 5.73 Å². The summed E-state index contributed by atoms with van der Waals surface area (Å²) in [7, 11) is 0. The van der Waals surface area contributed by atoms with Crippen molar-refractivity contribution in [2.75, 3.05) is 26.2 Å². The topological polar surface area (TPSA) is 32.5 Å². The predicted molar refractivity (Wildman–Crippen MR) is 74.2 cm³/mol. The number of rotatable bonds is 4. The summed E-state index contributed by atoms with van der Waals surface area (Å²) in [4.78, 5) is 5.05. The summed E-state index contributed by atoms with van der Waals surface area (Å²) in [5.41, 5.74) is 7.34. The quantitative estimate of drug-likeness (QED) is 0.895. The monoisotopic (exact) mass is 263 g/mol. The van der Waals surface area contributed by atoms with E-state index in [2.05, 4.69) is 9.80 Å². The van der Waals surface area contributed by atoms with Crippen molar-refractivity contribution in [1.82, 2.24) is 9.80 Å². The Morgan fingerprint density at radius 1 is 1.16 bits per heavy atom. The first-order valence-corrected chi connectivity index (χ1v) is 7.20. The average molecular weight is 263 g/mol. The lowest BCUT2D eigenvalue weighted by Crippen LogP contribution is -2.46. The lowest BCUT2D eigenvalue weighted by Gasteiger charge is -2.34. The van der Waals surface area contributed by atoms with Crippen LogP contribution in [0.1, 0.15) is 24.0 Å². The number of hydrogen-bond donors (Lipinski definition) is 1. The van der Waals surface area contributed by atoms with Crippen molar-refractivity contribution in [3.05, 3.63) is 35.1 Å².